The zero-order chi connectivity index (χ0) is 19.2. The SMILES string of the molecule is Cc1ccc(C)c(OCc2ccc(C(=O)NCCCn3cc(Br)cn3)o2)c1. The zero-order valence-corrected chi connectivity index (χ0v) is 17.0. The maximum Gasteiger partial charge on any atom is 0.286 e. The van der Waals surface area contributed by atoms with Crippen LogP contribution in [0.4, 0.5) is 0 Å². The first-order valence-corrected chi connectivity index (χ1v) is 9.55. The van der Waals surface area contributed by atoms with E-state index < -0.39 is 0 Å². The molecule has 1 amide bonds. The molecule has 0 unspecified atom stereocenters. The van der Waals surface area contributed by atoms with Crippen LogP contribution >= 0.6 is 15.9 Å². The van der Waals surface area contributed by atoms with Crippen LogP contribution < -0.4 is 10.1 Å². The summed E-state index contributed by atoms with van der Waals surface area (Å²) in [7, 11) is 0. The average Bonchev–Trinajstić information content (AvgIpc) is 3.28. The zero-order valence-electron chi connectivity index (χ0n) is 15.4. The molecule has 0 atom stereocenters. The van der Waals surface area contributed by atoms with Gasteiger partial charge in [-0.2, -0.15) is 5.10 Å². The number of aromatic nitrogens is 2. The van der Waals surface area contributed by atoms with Gasteiger partial charge in [-0.25, -0.2) is 0 Å². The van der Waals surface area contributed by atoms with Crippen molar-refractivity contribution >= 4 is 21.8 Å². The number of carbonyl (C=O) groups is 1. The van der Waals surface area contributed by atoms with Crippen LogP contribution in [0, 0.1) is 13.8 Å². The molecule has 27 heavy (non-hydrogen) atoms. The molecular formula is C20H22BrN3O3. The molecule has 1 N–H and O–H groups in total. The minimum Gasteiger partial charge on any atom is -0.485 e. The predicted octanol–water partition coefficient (Wildman–Crippen LogP) is 4.25. The number of hydrogen-bond acceptors (Lipinski definition) is 4. The largest absolute Gasteiger partial charge is 0.485 e. The summed E-state index contributed by atoms with van der Waals surface area (Å²) >= 11 is 3.36. The van der Waals surface area contributed by atoms with Crippen molar-refractivity contribution in [2.75, 3.05) is 6.54 Å². The van der Waals surface area contributed by atoms with Crippen molar-refractivity contribution in [3.63, 3.8) is 0 Å². The Balaban J connectivity index is 1.45. The second kappa shape index (κ2) is 8.90. The van der Waals surface area contributed by atoms with Gasteiger partial charge in [-0.1, -0.05) is 12.1 Å². The molecule has 3 rings (SSSR count). The Bertz CT molecular complexity index is 917. The summed E-state index contributed by atoms with van der Waals surface area (Å²) < 4.78 is 14.2. The highest BCUT2D eigenvalue weighted by atomic mass is 79.9. The molecule has 0 radical (unpaired) electrons. The number of halogens is 1. The minimum atomic E-state index is -0.227. The average molecular weight is 432 g/mol. The van der Waals surface area contributed by atoms with Crippen molar-refractivity contribution < 1.29 is 13.9 Å². The molecule has 7 heteroatoms. The van der Waals surface area contributed by atoms with E-state index in [9.17, 15) is 4.79 Å². The molecule has 1 aromatic carbocycles. The Morgan fingerprint density at radius 1 is 1.30 bits per heavy atom. The summed E-state index contributed by atoms with van der Waals surface area (Å²) in [5.74, 6) is 1.50. The second-order valence-corrected chi connectivity index (χ2v) is 7.27. The summed E-state index contributed by atoms with van der Waals surface area (Å²) in [6.45, 7) is 5.58. The molecule has 0 fully saturated rings. The standard InChI is InChI=1S/C20H22BrN3O3/c1-14-4-5-15(2)19(10-14)26-13-17-6-7-18(27-17)20(25)22-8-3-9-24-12-16(21)11-23-24/h4-7,10-12H,3,8-9,13H2,1-2H3,(H,22,25). The molecule has 0 aliphatic rings. The number of amides is 1. The van der Waals surface area contributed by atoms with Gasteiger partial charge in [0.05, 0.1) is 10.7 Å². The number of furan rings is 1. The van der Waals surface area contributed by atoms with Gasteiger partial charge in [-0.15, -0.1) is 0 Å². The molecule has 2 heterocycles. The number of nitrogens with one attached hydrogen (secondary N) is 1. The van der Waals surface area contributed by atoms with E-state index in [2.05, 4.69) is 26.3 Å². The van der Waals surface area contributed by atoms with Gasteiger partial charge in [-0.3, -0.25) is 9.48 Å². The third kappa shape index (κ3) is 5.47. The molecule has 0 spiro atoms. The number of benzene rings is 1. The van der Waals surface area contributed by atoms with E-state index in [0.29, 0.717) is 12.3 Å². The topological polar surface area (TPSA) is 69.3 Å². The lowest BCUT2D eigenvalue weighted by Gasteiger charge is -2.08. The lowest BCUT2D eigenvalue weighted by molar-refractivity contribution is 0.0920. The summed E-state index contributed by atoms with van der Waals surface area (Å²) in [6, 6.07) is 9.49. The van der Waals surface area contributed by atoms with Gasteiger partial charge in [-0.05, 0) is 65.5 Å². The molecule has 142 valence electrons. The van der Waals surface area contributed by atoms with E-state index in [-0.39, 0.29) is 18.3 Å². The van der Waals surface area contributed by atoms with Crippen LogP contribution in [0.1, 0.15) is 33.9 Å². The first-order chi connectivity index (χ1) is 13.0. The number of ether oxygens (including phenoxy) is 1. The maximum absolute atomic E-state index is 12.2. The fourth-order valence-electron chi connectivity index (χ4n) is 2.58. The summed E-state index contributed by atoms with van der Waals surface area (Å²) in [5, 5.41) is 7.03. The van der Waals surface area contributed by atoms with Gasteiger partial charge in [0.15, 0.2) is 5.76 Å². The molecule has 0 aliphatic carbocycles. The van der Waals surface area contributed by atoms with Gasteiger partial charge in [0.1, 0.15) is 18.1 Å². The number of aryl methyl sites for hydroxylation is 3. The fourth-order valence-corrected chi connectivity index (χ4v) is 2.91. The third-order valence-corrected chi connectivity index (χ3v) is 4.46. The van der Waals surface area contributed by atoms with Gasteiger partial charge >= 0.3 is 0 Å². The van der Waals surface area contributed by atoms with Crippen LogP contribution in [0.2, 0.25) is 0 Å². The lowest BCUT2D eigenvalue weighted by atomic mass is 10.1. The number of rotatable bonds is 8. The molecular weight excluding hydrogens is 410 g/mol. The normalized spacial score (nSPS) is 10.8. The Morgan fingerprint density at radius 3 is 2.93 bits per heavy atom. The lowest BCUT2D eigenvalue weighted by Crippen LogP contribution is -2.24. The molecule has 6 nitrogen and oxygen atoms in total. The number of carbonyl (C=O) groups excluding carboxylic acids is 1. The van der Waals surface area contributed by atoms with Crippen LogP contribution in [-0.4, -0.2) is 22.2 Å². The summed E-state index contributed by atoms with van der Waals surface area (Å²) in [5.41, 5.74) is 2.20. The molecule has 2 aromatic heterocycles. The minimum absolute atomic E-state index is 0.227. The molecule has 0 bridgehead atoms. The van der Waals surface area contributed by atoms with E-state index in [0.717, 1.165) is 34.3 Å². The first-order valence-electron chi connectivity index (χ1n) is 8.76. The van der Waals surface area contributed by atoms with E-state index in [1.54, 1.807) is 18.3 Å². The quantitative estimate of drug-likeness (QED) is 0.541. The van der Waals surface area contributed by atoms with Crippen LogP contribution in [0.25, 0.3) is 0 Å². The smallest absolute Gasteiger partial charge is 0.286 e. The highest BCUT2D eigenvalue weighted by molar-refractivity contribution is 9.10. The molecule has 0 saturated heterocycles. The molecule has 0 saturated carbocycles. The summed E-state index contributed by atoms with van der Waals surface area (Å²) in [4.78, 5) is 12.2. The first kappa shape index (κ1) is 19.2. The highest BCUT2D eigenvalue weighted by Gasteiger charge is 2.11. The van der Waals surface area contributed by atoms with Crippen molar-refractivity contribution in [3.05, 3.63) is 69.8 Å². The van der Waals surface area contributed by atoms with E-state index in [1.807, 2.05) is 42.9 Å². The Hall–Kier alpha value is -2.54. The van der Waals surface area contributed by atoms with Crippen molar-refractivity contribution in [1.29, 1.82) is 0 Å². The van der Waals surface area contributed by atoms with Crippen molar-refractivity contribution in [3.8, 4) is 5.75 Å². The third-order valence-electron chi connectivity index (χ3n) is 4.05. The van der Waals surface area contributed by atoms with Crippen molar-refractivity contribution in [1.82, 2.24) is 15.1 Å². The highest BCUT2D eigenvalue weighted by Crippen LogP contribution is 2.21. The van der Waals surface area contributed by atoms with Crippen molar-refractivity contribution in [2.24, 2.45) is 0 Å². The Morgan fingerprint density at radius 2 is 2.15 bits per heavy atom. The Kier molecular flexibility index (Phi) is 6.34. The van der Waals surface area contributed by atoms with Crippen molar-refractivity contribution in [2.45, 2.75) is 33.4 Å². The van der Waals surface area contributed by atoms with Gasteiger partial charge in [0, 0.05) is 19.3 Å². The number of hydrogen-bond donors (Lipinski definition) is 1. The summed E-state index contributed by atoms with van der Waals surface area (Å²) in [6.07, 6.45) is 4.42. The van der Waals surface area contributed by atoms with E-state index in [1.165, 1.54) is 0 Å². The van der Waals surface area contributed by atoms with Crippen LogP contribution in [0.15, 0.2) is 51.6 Å². The Labute approximate surface area is 166 Å². The maximum atomic E-state index is 12.2. The molecule has 0 aliphatic heterocycles. The second-order valence-electron chi connectivity index (χ2n) is 6.35. The van der Waals surface area contributed by atoms with E-state index in [4.69, 9.17) is 9.15 Å². The fraction of sp³-hybridized carbons (Fsp3) is 0.300. The molecule has 3 aromatic rings. The predicted molar refractivity (Wildman–Crippen MR) is 106 cm³/mol. The van der Waals surface area contributed by atoms with Gasteiger partial charge in [0.2, 0.25) is 0 Å². The van der Waals surface area contributed by atoms with Gasteiger partial charge in [0.25, 0.3) is 5.91 Å². The number of nitrogens with zero attached hydrogens (tertiary/aromatic N) is 2. The van der Waals surface area contributed by atoms with Gasteiger partial charge < -0.3 is 14.5 Å². The van der Waals surface area contributed by atoms with Crippen LogP contribution in [0.5, 0.6) is 5.75 Å². The van der Waals surface area contributed by atoms with Crippen LogP contribution in [-0.2, 0) is 13.2 Å². The monoisotopic (exact) mass is 431 g/mol. The van der Waals surface area contributed by atoms with E-state index >= 15 is 0 Å². The van der Waals surface area contributed by atoms with Crippen LogP contribution in [0.3, 0.4) is 0 Å².